The van der Waals surface area contributed by atoms with Gasteiger partial charge in [0.15, 0.2) is 0 Å². The normalized spacial score (nSPS) is 11.7. The Morgan fingerprint density at radius 2 is 1.88 bits per heavy atom. The Morgan fingerprint density at radius 3 is 2.31 bits per heavy atom. The molecule has 1 rings (SSSR count). The quantitative estimate of drug-likeness (QED) is 0.819. The zero-order valence-corrected chi connectivity index (χ0v) is 11.1. The molecule has 0 fully saturated rings. The molecule has 3 heteroatoms. The lowest BCUT2D eigenvalue weighted by molar-refractivity contribution is 0.509. The second-order valence-electron chi connectivity index (χ2n) is 5.03. The van der Waals surface area contributed by atoms with Crippen LogP contribution in [-0.2, 0) is 6.42 Å². The maximum atomic E-state index is 12.2. The third kappa shape index (κ3) is 2.57. The lowest BCUT2D eigenvalue weighted by Gasteiger charge is -2.04. The highest BCUT2D eigenvalue weighted by Gasteiger charge is 2.17. The number of hydrogen-bond acceptors (Lipinski definition) is 1. The average molecular weight is 224 g/mol. The zero-order chi connectivity index (χ0) is 12.3. The topological polar surface area (TPSA) is 37.8 Å². The van der Waals surface area contributed by atoms with Crippen molar-refractivity contribution in [1.29, 1.82) is 0 Å². The Bertz CT molecular complexity index is 385. The molecule has 0 aliphatic heterocycles. The minimum Gasteiger partial charge on any atom is -0.299 e. The van der Waals surface area contributed by atoms with Crippen LogP contribution < -0.4 is 5.56 Å². The van der Waals surface area contributed by atoms with Crippen LogP contribution >= 0.6 is 0 Å². The van der Waals surface area contributed by atoms with E-state index < -0.39 is 0 Å². The predicted octanol–water partition coefficient (Wildman–Crippen LogP) is 3.22. The van der Waals surface area contributed by atoms with Crippen molar-refractivity contribution in [2.24, 2.45) is 0 Å². The summed E-state index contributed by atoms with van der Waals surface area (Å²) in [5.41, 5.74) is 2.27. The van der Waals surface area contributed by atoms with Crippen LogP contribution in [-0.4, -0.2) is 9.78 Å². The number of hydrogen-bond donors (Lipinski definition) is 1. The van der Waals surface area contributed by atoms with E-state index in [1.54, 1.807) is 4.68 Å². The first-order valence-electron chi connectivity index (χ1n) is 6.32. The molecule has 0 spiro atoms. The molecule has 1 heterocycles. The van der Waals surface area contributed by atoms with Crippen molar-refractivity contribution >= 4 is 0 Å². The van der Waals surface area contributed by atoms with Gasteiger partial charge in [-0.15, -0.1) is 0 Å². The van der Waals surface area contributed by atoms with Crippen LogP contribution in [0.3, 0.4) is 0 Å². The number of aromatic amines is 1. The number of aromatic nitrogens is 2. The molecule has 0 saturated carbocycles. The lowest BCUT2D eigenvalue weighted by atomic mass is 10.0. The molecule has 0 amide bonds. The van der Waals surface area contributed by atoms with Crippen molar-refractivity contribution in [2.75, 3.05) is 0 Å². The van der Waals surface area contributed by atoms with Crippen molar-refractivity contribution in [3.63, 3.8) is 0 Å². The highest BCUT2D eigenvalue weighted by Crippen LogP contribution is 2.17. The van der Waals surface area contributed by atoms with E-state index in [2.05, 4.69) is 25.9 Å². The van der Waals surface area contributed by atoms with E-state index in [-0.39, 0.29) is 11.6 Å². The molecular formula is C13H24N2O. The van der Waals surface area contributed by atoms with Crippen LogP contribution in [0.15, 0.2) is 4.79 Å². The molecule has 3 nitrogen and oxygen atoms in total. The van der Waals surface area contributed by atoms with E-state index in [9.17, 15) is 4.79 Å². The number of aryl methyl sites for hydroxylation is 1. The van der Waals surface area contributed by atoms with Crippen molar-refractivity contribution < 1.29 is 0 Å². The third-order valence-corrected chi connectivity index (χ3v) is 2.90. The summed E-state index contributed by atoms with van der Waals surface area (Å²) in [4.78, 5) is 12.2. The summed E-state index contributed by atoms with van der Waals surface area (Å²) in [6.45, 7) is 10.4. The van der Waals surface area contributed by atoms with Crippen molar-refractivity contribution in [1.82, 2.24) is 9.78 Å². The minimum absolute atomic E-state index is 0.163. The molecule has 0 atom stereocenters. The van der Waals surface area contributed by atoms with Gasteiger partial charge in [0, 0.05) is 17.3 Å². The molecule has 0 aromatic carbocycles. The van der Waals surface area contributed by atoms with Gasteiger partial charge in [0.1, 0.15) is 0 Å². The average Bonchev–Trinajstić information content (AvgIpc) is 2.52. The zero-order valence-electron chi connectivity index (χ0n) is 11.1. The lowest BCUT2D eigenvalue weighted by Crippen LogP contribution is -2.21. The van der Waals surface area contributed by atoms with Gasteiger partial charge >= 0.3 is 0 Å². The monoisotopic (exact) mass is 224 g/mol. The van der Waals surface area contributed by atoms with Crippen LogP contribution in [0.2, 0.25) is 0 Å². The number of unbranched alkanes of at least 4 members (excludes halogenated alkanes) is 1. The summed E-state index contributed by atoms with van der Waals surface area (Å²) in [5.74, 6) is 0.301. The summed E-state index contributed by atoms with van der Waals surface area (Å²) in [6, 6.07) is 0.209. The maximum Gasteiger partial charge on any atom is 0.270 e. The van der Waals surface area contributed by atoms with Gasteiger partial charge in [-0.3, -0.25) is 14.6 Å². The molecule has 0 aliphatic carbocycles. The smallest absolute Gasteiger partial charge is 0.270 e. The van der Waals surface area contributed by atoms with Gasteiger partial charge in [0.25, 0.3) is 5.56 Å². The van der Waals surface area contributed by atoms with Crippen LogP contribution in [0, 0.1) is 0 Å². The number of nitrogens with one attached hydrogen (secondary N) is 1. The Morgan fingerprint density at radius 1 is 1.25 bits per heavy atom. The van der Waals surface area contributed by atoms with Gasteiger partial charge in [0.05, 0.1) is 0 Å². The van der Waals surface area contributed by atoms with Crippen LogP contribution in [0.1, 0.15) is 70.7 Å². The highest BCUT2D eigenvalue weighted by atomic mass is 16.1. The number of H-pyrrole nitrogens is 1. The van der Waals surface area contributed by atoms with Gasteiger partial charge in [-0.25, -0.2) is 0 Å². The summed E-state index contributed by atoms with van der Waals surface area (Å²) >= 11 is 0. The first kappa shape index (κ1) is 13.1. The first-order chi connectivity index (χ1) is 7.49. The maximum absolute atomic E-state index is 12.2. The van der Waals surface area contributed by atoms with E-state index in [4.69, 9.17) is 0 Å². The molecule has 16 heavy (non-hydrogen) atoms. The van der Waals surface area contributed by atoms with Gasteiger partial charge in [0.2, 0.25) is 0 Å². The fourth-order valence-corrected chi connectivity index (χ4v) is 2.02. The molecule has 92 valence electrons. The van der Waals surface area contributed by atoms with E-state index in [0.29, 0.717) is 5.92 Å². The Hall–Kier alpha value is -0.990. The van der Waals surface area contributed by atoms with E-state index >= 15 is 0 Å². The van der Waals surface area contributed by atoms with Gasteiger partial charge in [-0.05, 0) is 32.6 Å². The van der Waals surface area contributed by atoms with Crippen LogP contribution in [0.4, 0.5) is 0 Å². The fraction of sp³-hybridized carbons (Fsp3) is 0.769. The van der Waals surface area contributed by atoms with Gasteiger partial charge in [-0.1, -0.05) is 27.2 Å². The summed E-state index contributed by atoms with van der Waals surface area (Å²) in [5, 5.41) is 3.27. The van der Waals surface area contributed by atoms with Crippen LogP contribution in [0.25, 0.3) is 0 Å². The number of rotatable bonds is 5. The Kier molecular flexibility index (Phi) is 4.39. The molecule has 0 radical (unpaired) electrons. The van der Waals surface area contributed by atoms with Crippen molar-refractivity contribution in [3.8, 4) is 0 Å². The van der Waals surface area contributed by atoms with Gasteiger partial charge < -0.3 is 0 Å². The summed E-state index contributed by atoms with van der Waals surface area (Å²) < 4.78 is 1.75. The summed E-state index contributed by atoms with van der Waals surface area (Å²) in [6.07, 6.45) is 3.28. The molecule has 0 saturated heterocycles. The standard InChI is InChI=1S/C13H24N2O/c1-6-7-8-11-12(9(2)3)13(16)15(14-11)10(4)5/h9-10,14H,6-8H2,1-5H3. The fourth-order valence-electron chi connectivity index (χ4n) is 2.02. The molecule has 0 unspecified atom stereocenters. The van der Waals surface area contributed by atoms with Crippen molar-refractivity contribution in [2.45, 2.75) is 65.8 Å². The minimum atomic E-state index is 0.163. The Labute approximate surface area is 97.8 Å². The SMILES string of the molecule is CCCCc1[nH]n(C(C)C)c(=O)c1C(C)C. The molecule has 0 bridgehead atoms. The van der Waals surface area contributed by atoms with E-state index in [0.717, 1.165) is 30.5 Å². The van der Waals surface area contributed by atoms with E-state index in [1.807, 2.05) is 13.8 Å². The molecule has 1 aromatic heterocycles. The first-order valence-corrected chi connectivity index (χ1v) is 6.32. The predicted molar refractivity (Wildman–Crippen MR) is 68.1 cm³/mol. The van der Waals surface area contributed by atoms with E-state index in [1.165, 1.54) is 0 Å². The highest BCUT2D eigenvalue weighted by molar-refractivity contribution is 5.21. The third-order valence-electron chi connectivity index (χ3n) is 2.90. The van der Waals surface area contributed by atoms with Gasteiger partial charge in [-0.2, -0.15) is 0 Å². The largest absolute Gasteiger partial charge is 0.299 e. The Balaban J connectivity index is 3.15. The molecule has 0 aliphatic rings. The van der Waals surface area contributed by atoms with Crippen LogP contribution in [0.5, 0.6) is 0 Å². The van der Waals surface area contributed by atoms with Crippen molar-refractivity contribution in [3.05, 3.63) is 21.6 Å². The second kappa shape index (κ2) is 5.37. The summed E-state index contributed by atoms with van der Waals surface area (Å²) in [7, 11) is 0. The molecular weight excluding hydrogens is 200 g/mol. The number of nitrogens with zero attached hydrogens (tertiary/aromatic N) is 1. The molecule has 1 aromatic rings. The molecule has 1 N–H and O–H groups in total. The second-order valence-corrected chi connectivity index (χ2v) is 5.03.